The Bertz CT molecular complexity index is 725. The second-order valence-corrected chi connectivity index (χ2v) is 6.66. The zero-order valence-electron chi connectivity index (χ0n) is 14.5. The summed E-state index contributed by atoms with van der Waals surface area (Å²) in [5, 5.41) is 0. The number of para-hydroxylation sites is 1. The fraction of sp³-hybridized carbons (Fsp3) is 0.263. The molecule has 0 aromatic heterocycles. The number of carbonyl (C=O) groups is 2. The van der Waals surface area contributed by atoms with Crippen LogP contribution in [0.5, 0.6) is 0 Å². The summed E-state index contributed by atoms with van der Waals surface area (Å²) in [5.74, 6) is -0.742. The molecule has 0 aliphatic rings. The van der Waals surface area contributed by atoms with Crippen LogP contribution < -0.4 is 10.4 Å². The minimum atomic E-state index is -0.480. The average Bonchev–Trinajstić information content (AvgIpc) is 2.60. The zero-order chi connectivity index (χ0) is 18.4. The summed E-state index contributed by atoms with van der Waals surface area (Å²) in [6.07, 6.45) is 0. The predicted molar refractivity (Wildman–Crippen MR) is 99.1 cm³/mol. The van der Waals surface area contributed by atoms with Crippen molar-refractivity contribution in [3.63, 3.8) is 0 Å². The maximum absolute atomic E-state index is 12.2. The number of hydrogen-bond donors (Lipinski definition) is 1. The minimum absolute atomic E-state index is 0.142. The maximum Gasteiger partial charge on any atom is 0.274 e. The molecule has 0 atom stereocenters. The Hall–Kier alpha value is -2.37. The number of carbonyl (C=O) groups excluding carboxylic acids is 2. The van der Waals surface area contributed by atoms with Crippen LogP contribution in [0.4, 0.5) is 11.4 Å². The number of hydrogen-bond acceptors (Lipinski definition) is 3. The number of nitrogens with one attached hydrogen (secondary N) is 1. The van der Waals surface area contributed by atoms with Gasteiger partial charge >= 0.3 is 0 Å². The largest absolute Gasteiger partial charge is 0.280 e. The van der Waals surface area contributed by atoms with Gasteiger partial charge in [-0.2, -0.15) is 0 Å². The van der Waals surface area contributed by atoms with E-state index in [2.05, 4.69) is 5.48 Å². The molecule has 0 radical (unpaired) electrons. The van der Waals surface area contributed by atoms with Gasteiger partial charge in [-0.1, -0.05) is 18.2 Å². The summed E-state index contributed by atoms with van der Waals surface area (Å²) in [5.41, 5.74) is 3.70. The van der Waals surface area contributed by atoms with Crippen LogP contribution in [-0.4, -0.2) is 23.3 Å². The van der Waals surface area contributed by atoms with Crippen LogP contribution in [0.1, 0.15) is 31.1 Å². The van der Waals surface area contributed by atoms with Crippen molar-refractivity contribution in [1.29, 1.82) is 0 Å². The lowest BCUT2D eigenvalue weighted by atomic mass is 10.1. The zero-order valence-corrected chi connectivity index (χ0v) is 15.2. The van der Waals surface area contributed by atoms with Gasteiger partial charge in [0.25, 0.3) is 5.91 Å². The van der Waals surface area contributed by atoms with E-state index in [1.165, 1.54) is 4.90 Å². The Morgan fingerprint density at radius 3 is 2.08 bits per heavy atom. The molecule has 0 heterocycles. The third-order valence-corrected chi connectivity index (χ3v) is 3.44. The molecule has 0 aliphatic heterocycles. The second kappa shape index (κ2) is 8.14. The van der Waals surface area contributed by atoms with Crippen molar-refractivity contribution in [2.75, 3.05) is 10.8 Å². The van der Waals surface area contributed by atoms with Gasteiger partial charge in [0.2, 0.25) is 5.91 Å². The quantitative estimate of drug-likeness (QED) is 0.646. The number of halogens is 1. The highest BCUT2D eigenvalue weighted by atomic mass is 35.5. The van der Waals surface area contributed by atoms with E-state index in [0.29, 0.717) is 16.9 Å². The Balaban J connectivity index is 2.21. The lowest BCUT2D eigenvalue weighted by Crippen LogP contribution is -2.33. The molecule has 0 saturated carbocycles. The summed E-state index contributed by atoms with van der Waals surface area (Å²) in [4.78, 5) is 31.1. The lowest BCUT2D eigenvalue weighted by molar-refractivity contribution is -0.115. The maximum atomic E-state index is 12.2. The highest BCUT2D eigenvalue weighted by Gasteiger charge is 2.18. The van der Waals surface area contributed by atoms with E-state index < -0.39 is 5.60 Å². The summed E-state index contributed by atoms with van der Waals surface area (Å²) < 4.78 is 0. The van der Waals surface area contributed by atoms with Crippen LogP contribution in [0.15, 0.2) is 54.6 Å². The highest BCUT2D eigenvalue weighted by Crippen LogP contribution is 2.26. The fourth-order valence-electron chi connectivity index (χ4n) is 2.09. The van der Waals surface area contributed by atoms with Crippen LogP contribution in [-0.2, 0) is 9.63 Å². The third-order valence-electron chi connectivity index (χ3n) is 3.22. The summed E-state index contributed by atoms with van der Waals surface area (Å²) in [7, 11) is 0. The van der Waals surface area contributed by atoms with Gasteiger partial charge in [-0.3, -0.25) is 19.3 Å². The van der Waals surface area contributed by atoms with Crippen molar-refractivity contribution in [3.05, 3.63) is 60.2 Å². The molecule has 2 amide bonds. The van der Waals surface area contributed by atoms with Crippen LogP contribution in [0.3, 0.4) is 0 Å². The first-order valence-corrected chi connectivity index (χ1v) is 8.37. The number of benzene rings is 2. The van der Waals surface area contributed by atoms with Crippen molar-refractivity contribution in [3.8, 4) is 0 Å². The molecule has 2 rings (SSSR count). The van der Waals surface area contributed by atoms with Crippen LogP contribution in [0.2, 0.25) is 0 Å². The van der Waals surface area contributed by atoms with Crippen LogP contribution >= 0.6 is 11.6 Å². The molecular weight excluding hydrogens is 340 g/mol. The van der Waals surface area contributed by atoms with Gasteiger partial charge in [0.1, 0.15) is 5.88 Å². The van der Waals surface area contributed by atoms with Gasteiger partial charge in [0.05, 0.1) is 5.60 Å². The van der Waals surface area contributed by atoms with Gasteiger partial charge in [0, 0.05) is 16.9 Å². The van der Waals surface area contributed by atoms with Crippen LogP contribution in [0.25, 0.3) is 0 Å². The number of amides is 2. The Labute approximate surface area is 152 Å². The summed E-state index contributed by atoms with van der Waals surface area (Å²) >= 11 is 5.74. The first kappa shape index (κ1) is 19.0. The van der Waals surface area contributed by atoms with Crippen molar-refractivity contribution in [2.24, 2.45) is 0 Å². The molecule has 0 unspecified atom stereocenters. The Morgan fingerprint density at radius 1 is 1.00 bits per heavy atom. The number of alkyl halides is 1. The Morgan fingerprint density at radius 2 is 1.56 bits per heavy atom. The molecule has 0 spiro atoms. The van der Waals surface area contributed by atoms with Crippen molar-refractivity contribution in [2.45, 2.75) is 26.4 Å². The average molecular weight is 361 g/mol. The van der Waals surface area contributed by atoms with E-state index in [1.54, 1.807) is 24.3 Å². The van der Waals surface area contributed by atoms with Crippen molar-refractivity contribution < 1.29 is 14.4 Å². The van der Waals surface area contributed by atoms with Crippen molar-refractivity contribution >= 4 is 34.8 Å². The van der Waals surface area contributed by atoms with Crippen LogP contribution in [0, 0.1) is 0 Å². The van der Waals surface area contributed by atoms with E-state index in [1.807, 2.05) is 51.1 Å². The Kier molecular flexibility index (Phi) is 6.17. The molecule has 132 valence electrons. The van der Waals surface area contributed by atoms with E-state index in [9.17, 15) is 9.59 Å². The van der Waals surface area contributed by atoms with Gasteiger partial charge < -0.3 is 0 Å². The molecule has 0 saturated heterocycles. The molecule has 0 aliphatic carbocycles. The van der Waals surface area contributed by atoms with Gasteiger partial charge in [-0.15, -0.1) is 11.6 Å². The molecule has 6 heteroatoms. The molecule has 2 aromatic carbocycles. The third kappa shape index (κ3) is 5.31. The van der Waals surface area contributed by atoms with E-state index in [-0.39, 0.29) is 17.7 Å². The first-order valence-electron chi connectivity index (χ1n) is 7.84. The number of rotatable bonds is 5. The standard InChI is InChI=1S/C19H21ClN2O3/c1-19(2,3)25-21-18(24)14-9-11-16(12-10-14)22(17(23)13-20)15-7-5-4-6-8-15/h4-12H,13H2,1-3H3,(H,21,24). The van der Waals surface area contributed by atoms with Crippen molar-refractivity contribution in [1.82, 2.24) is 5.48 Å². The topological polar surface area (TPSA) is 58.6 Å². The van der Waals surface area contributed by atoms with E-state index in [4.69, 9.17) is 16.4 Å². The SMILES string of the molecule is CC(C)(C)ONC(=O)c1ccc(N(C(=O)CCl)c2ccccc2)cc1. The molecule has 5 nitrogen and oxygen atoms in total. The predicted octanol–water partition coefficient (Wildman–Crippen LogP) is 4.05. The molecule has 0 bridgehead atoms. The van der Waals surface area contributed by atoms with Gasteiger partial charge in [0.15, 0.2) is 0 Å². The van der Waals surface area contributed by atoms with E-state index in [0.717, 1.165) is 0 Å². The van der Waals surface area contributed by atoms with Gasteiger partial charge in [-0.05, 0) is 57.2 Å². The molecule has 0 fully saturated rings. The number of hydroxylamine groups is 1. The normalized spacial score (nSPS) is 11.0. The summed E-state index contributed by atoms with van der Waals surface area (Å²) in [6, 6.07) is 15.9. The molecule has 1 N–H and O–H groups in total. The lowest BCUT2D eigenvalue weighted by Gasteiger charge is -2.22. The molecule has 2 aromatic rings. The number of nitrogens with zero attached hydrogens (tertiary/aromatic N) is 1. The van der Waals surface area contributed by atoms with Gasteiger partial charge in [-0.25, -0.2) is 5.48 Å². The van der Waals surface area contributed by atoms with E-state index >= 15 is 0 Å². The smallest absolute Gasteiger partial charge is 0.274 e. The minimum Gasteiger partial charge on any atom is -0.280 e. The number of anilines is 2. The molecule has 25 heavy (non-hydrogen) atoms. The monoisotopic (exact) mass is 360 g/mol. The second-order valence-electron chi connectivity index (χ2n) is 6.39. The highest BCUT2D eigenvalue weighted by molar-refractivity contribution is 6.30. The fourth-order valence-corrected chi connectivity index (χ4v) is 2.21. The summed E-state index contributed by atoms with van der Waals surface area (Å²) in [6.45, 7) is 5.52. The first-order chi connectivity index (χ1) is 11.8. The molecular formula is C19H21ClN2O3.